The summed E-state index contributed by atoms with van der Waals surface area (Å²) in [6.45, 7) is 7.65. The highest BCUT2D eigenvalue weighted by Gasteiger charge is 2.05. The van der Waals surface area contributed by atoms with E-state index in [1.807, 2.05) is 0 Å². The van der Waals surface area contributed by atoms with Crippen LogP contribution in [0.25, 0.3) is 0 Å². The molecule has 0 saturated carbocycles. The number of thiophene rings is 1. The van der Waals surface area contributed by atoms with Gasteiger partial charge in [0.15, 0.2) is 0 Å². The van der Waals surface area contributed by atoms with Crippen molar-refractivity contribution in [1.29, 1.82) is 0 Å². The van der Waals surface area contributed by atoms with Crippen molar-refractivity contribution in [2.45, 2.75) is 32.9 Å². The summed E-state index contributed by atoms with van der Waals surface area (Å²) in [6.07, 6.45) is 1.22. The van der Waals surface area contributed by atoms with E-state index in [0.29, 0.717) is 6.04 Å². The van der Waals surface area contributed by atoms with Crippen LogP contribution in [0.1, 0.15) is 25.1 Å². The first-order valence-electron chi connectivity index (χ1n) is 5.77. The molecule has 0 bridgehead atoms. The van der Waals surface area contributed by atoms with Crippen LogP contribution in [-0.2, 0) is 6.54 Å². The molecule has 1 rings (SSSR count). The fraction of sp³-hybridized carbons (Fsp3) is 0.667. The number of nitrogens with one attached hydrogen (secondary N) is 1. The standard InChI is InChI=1S/C12H21BrN2S/c1-4-10(2)15(3)6-5-14-8-12-7-11(13)9-16-12/h7,9-10,14H,4-6,8H2,1-3H3. The number of rotatable bonds is 7. The molecule has 0 radical (unpaired) electrons. The molecule has 0 spiro atoms. The highest BCUT2D eigenvalue weighted by atomic mass is 79.9. The Hall–Kier alpha value is 0.1000. The lowest BCUT2D eigenvalue weighted by Crippen LogP contribution is -2.34. The maximum atomic E-state index is 3.47. The van der Waals surface area contributed by atoms with Gasteiger partial charge in [-0.2, -0.15) is 0 Å². The largest absolute Gasteiger partial charge is 0.311 e. The van der Waals surface area contributed by atoms with Gasteiger partial charge < -0.3 is 10.2 Å². The van der Waals surface area contributed by atoms with Gasteiger partial charge >= 0.3 is 0 Å². The third kappa shape index (κ3) is 4.95. The summed E-state index contributed by atoms with van der Waals surface area (Å²) in [5, 5.41) is 5.60. The smallest absolute Gasteiger partial charge is 0.0300 e. The Morgan fingerprint density at radius 3 is 2.88 bits per heavy atom. The number of nitrogens with zero attached hydrogens (tertiary/aromatic N) is 1. The van der Waals surface area contributed by atoms with Crippen molar-refractivity contribution in [3.8, 4) is 0 Å². The van der Waals surface area contributed by atoms with E-state index >= 15 is 0 Å². The van der Waals surface area contributed by atoms with Gasteiger partial charge in [0.25, 0.3) is 0 Å². The lowest BCUT2D eigenvalue weighted by Gasteiger charge is -2.23. The summed E-state index contributed by atoms with van der Waals surface area (Å²) in [7, 11) is 2.19. The summed E-state index contributed by atoms with van der Waals surface area (Å²) >= 11 is 5.26. The van der Waals surface area contributed by atoms with Crippen molar-refractivity contribution in [3.63, 3.8) is 0 Å². The Balaban J connectivity index is 2.12. The van der Waals surface area contributed by atoms with Gasteiger partial charge in [-0.3, -0.25) is 0 Å². The fourth-order valence-corrected chi connectivity index (χ4v) is 2.87. The number of hydrogen-bond donors (Lipinski definition) is 1. The lowest BCUT2D eigenvalue weighted by atomic mass is 10.2. The SMILES string of the molecule is CCC(C)N(C)CCNCc1cc(Br)cs1. The third-order valence-corrected chi connectivity index (χ3v) is 4.60. The molecule has 0 saturated heterocycles. The molecule has 0 fully saturated rings. The first kappa shape index (κ1) is 14.2. The Morgan fingerprint density at radius 1 is 1.56 bits per heavy atom. The lowest BCUT2D eigenvalue weighted by molar-refractivity contribution is 0.252. The van der Waals surface area contributed by atoms with Crippen molar-refractivity contribution in [3.05, 3.63) is 20.8 Å². The molecule has 0 aliphatic heterocycles. The molecule has 1 aromatic heterocycles. The summed E-state index contributed by atoms with van der Waals surface area (Å²) in [4.78, 5) is 3.79. The molecule has 2 nitrogen and oxygen atoms in total. The molecule has 1 atom stereocenters. The average Bonchev–Trinajstić information content (AvgIpc) is 2.69. The minimum atomic E-state index is 0.678. The summed E-state index contributed by atoms with van der Waals surface area (Å²) in [6, 6.07) is 2.86. The maximum absolute atomic E-state index is 3.47. The number of hydrogen-bond acceptors (Lipinski definition) is 3. The topological polar surface area (TPSA) is 15.3 Å². The molecule has 0 aromatic carbocycles. The molecule has 4 heteroatoms. The molecule has 1 N–H and O–H groups in total. The van der Waals surface area contributed by atoms with Crippen LogP contribution in [0, 0.1) is 0 Å². The molecule has 16 heavy (non-hydrogen) atoms. The second kappa shape index (κ2) is 7.43. The Kier molecular flexibility index (Phi) is 6.58. The minimum absolute atomic E-state index is 0.678. The average molecular weight is 305 g/mol. The van der Waals surface area contributed by atoms with Crippen LogP contribution in [0.4, 0.5) is 0 Å². The first-order chi connectivity index (χ1) is 7.63. The van der Waals surface area contributed by atoms with E-state index < -0.39 is 0 Å². The Labute approximate surface area is 111 Å². The number of halogens is 1. The van der Waals surface area contributed by atoms with Crippen LogP contribution in [0.3, 0.4) is 0 Å². The van der Waals surface area contributed by atoms with E-state index in [9.17, 15) is 0 Å². The molecule has 1 aromatic rings. The van der Waals surface area contributed by atoms with E-state index in [2.05, 4.69) is 58.5 Å². The monoisotopic (exact) mass is 304 g/mol. The van der Waals surface area contributed by atoms with E-state index in [1.165, 1.54) is 15.8 Å². The number of likely N-dealkylation sites (N-methyl/N-ethyl adjacent to an activating group) is 1. The molecular formula is C12H21BrN2S. The van der Waals surface area contributed by atoms with Gasteiger partial charge in [0.05, 0.1) is 0 Å². The second-order valence-corrected chi connectivity index (χ2v) is 6.06. The maximum Gasteiger partial charge on any atom is 0.0300 e. The summed E-state index contributed by atoms with van der Waals surface area (Å²) in [5.41, 5.74) is 0. The zero-order chi connectivity index (χ0) is 12.0. The van der Waals surface area contributed by atoms with E-state index in [0.717, 1.165) is 19.6 Å². The van der Waals surface area contributed by atoms with Crippen LogP contribution in [0.2, 0.25) is 0 Å². The van der Waals surface area contributed by atoms with Crippen molar-refractivity contribution < 1.29 is 0 Å². The highest BCUT2D eigenvalue weighted by Crippen LogP contribution is 2.19. The van der Waals surface area contributed by atoms with Gasteiger partial charge in [-0.1, -0.05) is 6.92 Å². The molecule has 1 unspecified atom stereocenters. The van der Waals surface area contributed by atoms with Crippen molar-refractivity contribution >= 4 is 27.3 Å². The van der Waals surface area contributed by atoms with E-state index in [-0.39, 0.29) is 0 Å². The zero-order valence-corrected chi connectivity index (χ0v) is 12.7. The molecule has 0 aliphatic carbocycles. The van der Waals surface area contributed by atoms with Crippen molar-refractivity contribution in [2.75, 3.05) is 20.1 Å². The predicted octanol–water partition coefficient (Wildman–Crippen LogP) is 3.33. The van der Waals surface area contributed by atoms with Gasteiger partial charge in [-0.05, 0) is 42.4 Å². The van der Waals surface area contributed by atoms with E-state index in [4.69, 9.17) is 0 Å². The van der Waals surface area contributed by atoms with Gasteiger partial charge in [0, 0.05) is 40.4 Å². The highest BCUT2D eigenvalue weighted by molar-refractivity contribution is 9.10. The van der Waals surface area contributed by atoms with Gasteiger partial charge in [0.2, 0.25) is 0 Å². The van der Waals surface area contributed by atoms with Crippen LogP contribution < -0.4 is 5.32 Å². The van der Waals surface area contributed by atoms with Gasteiger partial charge in [0.1, 0.15) is 0 Å². The molecule has 92 valence electrons. The molecule has 0 amide bonds. The molecule has 0 aliphatic rings. The first-order valence-corrected chi connectivity index (χ1v) is 7.44. The normalized spacial score (nSPS) is 13.3. The summed E-state index contributed by atoms with van der Waals surface area (Å²) in [5.74, 6) is 0. The summed E-state index contributed by atoms with van der Waals surface area (Å²) < 4.78 is 1.19. The Bertz CT molecular complexity index is 301. The second-order valence-electron chi connectivity index (χ2n) is 4.15. The van der Waals surface area contributed by atoms with Crippen molar-refractivity contribution in [2.24, 2.45) is 0 Å². The quantitative estimate of drug-likeness (QED) is 0.777. The van der Waals surface area contributed by atoms with Gasteiger partial charge in [-0.15, -0.1) is 11.3 Å². The van der Waals surface area contributed by atoms with Crippen LogP contribution in [-0.4, -0.2) is 31.1 Å². The molecular weight excluding hydrogens is 284 g/mol. The predicted molar refractivity (Wildman–Crippen MR) is 76.1 cm³/mol. The third-order valence-electron chi connectivity index (χ3n) is 2.91. The fourth-order valence-electron chi connectivity index (χ4n) is 1.45. The van der Waals surface area contributed by atoms with Gasteiger partial charge in [-0.25, -0.2) is 0 Å². The Morgan fingerprint density at radius 2 is 2.31 bits per heavy atom. The van der Waals surface area contributed by atoms with Crippen LogP contribution in [0.15, 0.2) is 15.9 Å². The van der Waals surface area contributed by atoms with Crippen LogP contribution in [0.5, 0.6) is 0 Å². The zero-order valence-electron chi connectivity index (χ0n) is 10.3. The van der Waals surface area contributed by atoms with Crippen LogP contribution >= 0.6 is 27.3 Å². The molecule has 1 heterocycles. The van der Waals surface area contributed by atoms with E-state index in [1.54, 1.807) is 11.3 Å². The minimum Gasteiger partial charge on any atom is -0.311 e. The van der Waals surface area contributed by atoms with Crippen molar-refractivity contribution in [1.82, 2.24) is 10.2 Å².